The molecule has 1 aliphatic rings. The number of aryl methyl sites for hydroxylation is 2. The molecule has 0 saturated carbocycles. The average molecular weight is 481 g/mol. The Kier molecular flexibility index (Phi) is 5.68. The summed E-state index contributed by atoms with van der Waals surface area (Å²) in [5, 5.41) is 20.4. The number of allylic oxidation sites excluding steroid dienone is 1. The summed E-state index contributed by atoms with van der Waals surface area (Å²) in [4.78, 5) is 13.3. The lowest BCUT2D eigenvalue weighted by Crippen LogP contribution is -2.09. The van der Waals surface area contributed by atoms with E-state index in [0.29, 0.717) is 11.1 Å². The van der Waals surface area contributed by atoms with Crippen LogP contribution in [0.25, 0.3) is 16.7 Å². The first-order valence-electron chi connectivity index (χ1n) is 9.85. The monoisotopic (exact) mass is 480 g/mol. The standard InChI is InChI=1S/C24H21BrN2O2S/c1-14-11-17(12-18(13-26)16-7-9-19(25)10-8-16)15(2)27(14)23-22(24(28)29)20-5-3-4-6-21(20)30-23/h7-12H,3-6H2,1-2H3,(H,28,29). The van der Waals surface area contributed by atoms with Gasteiger partial charge in [-0.2, -0.15) is 5.26 Å². The van der Waals surface area contributed by atoms with Crippen molar-refractivity contribution in [3.05, 3.63) is 73.3 Å². The van der Waals surface area contributed by atoms with E-state index >= 15 is 0 Å². The maximum absolute atomic E-state index is 12.1. The Morgan fingerprint density at radius 3 is 2.60 bits per heavy atom. The number of hydrogen-bond acceptors (Lipinski definition) is 3. The molecular weight excluding hydrogens is 460 g/mol. The third-order valence-corrected chi connectivity index (χ3v) is 7.42. The molecule has 2 aromatic heterocycles. The number of aromatic carboxylic acids is 1. The molecule has 152 valence electrons. The van der Waals surface area contributed by atoms with Crippen LogP contribution in [0.1, 0.15) is 56.2 Å². The first kappa shape index (κ1) is 20.6. The minimum Gasteiger partial charge on any atom is -0.478 e. The van der Waals surface area contributed by atoms with Crippen LogP contribution < -0.4 is 0 Å². The Labute approximate surface area is 188 Å². The van der Waals surface area contributed by atoms with Gasteiger partial charge < -0.3 is 9.67 Å². The van der Waals surface area contributed by atoms with Crippen molar-refractivity contribution in [2.24, 2.45) is 0 Å². The van der Waals surface area contributed by atoms with Crippen molar-refractivity contribution in [2.45, 2.75) is 39.5 Å². The Balaban J connectivity index is 1.84. The Hall–Kier alpha value is -2.62. The Bertz CT molecular complexity index is 1210. The van der Waals surface area contributed by atoms with Gasteiger partial charge in [0.05, 0.1) is 17.2 Å². The van der Waals surface area contributed by atoms with E-state index in [1.807, 2.05) is 54.8 Å². The van der Waals surface area contributed by atoms with E-state index in [1.54, 1.807) is 11.3 Å². The smallest absolute Gasteiger partial charge is 0.339 e. The SMILES string of the molecule is Cc1cc(C=C(C#N)c2ccc(Br)cc2)c(C)n1-c1sc2c(c1C(=O)O)CCCC2. The zero-order chi connectivity index (χ0) is 21.4. The van der Waals surface area contributed by atoms with E-state index in [-0.39, 0.29) is 0 Å². The molecule has 0 fully saturated rings. The molecule has 0 amide bonds. The number of rotatable bonds is 4. The number of benzene rings is 1. The second-order valence-electron chi connectivity index (χ2n) is 7.53. The van der Waals surface area contributed by atoms with Crippen molar-refractivity contribution in [1.82, 2.24) is 4.57 Å². The van der Waals surface area contributed by atoms with Gasteiger partial charge in [-0.3, -0.25) is 0 Å². The molecule has 2 heterocycles. The van der Waals surface area contributed by atoms with Gasteiger partial charge in [0.15, 0.2) is 0 Å². The van der Waals surface area contributed by atoms with Crippen molar-refractivity contribution in [2.75, 3.05) is 0 Å². The maximum Gasteiger partial charge on any atom is 0.339 e. The number of nitrogens with zero attached hydrogens (tertiary/aromatic N) is 2. The highest BCUT2D eigenvalue weighted by Crippen LogP contribution is 2.39. The van der Waals surface area contributed by atoms with E-state index < -0.39 is 5.97 Å². The number of aromatic nitrogens is 1. The molecule has 0 atom stereocenters. The van der Waals surface area contributed by atoms with E-state index in [4.69, 9.17) is 0 Å². The zero-order valence-electron chi connectivity index (χ0n) is 16.8. The second kappa shape index (κ2) is 8.25. The van der Waals surface area contributed by atoms with Crippen LogP contribution in [-0.4, -0.2) is 15.6 Å². The lowest BCUT2D eigenvalue weighted by Gasteiger charge is -2.11. The summed E-state index contributed by atoms with van der Waals surface area (Å²) in [6, 6.07) is 12.0. The molecular formula is C24H21BrN2O2S. The number of carboxylic acid groups (broad SMARTS) is 1. The number of hydrogen-bond donors (Lipinski definition) is 1. The van der Waals surface area contributed by atoms with Gasteiger partial charge in [-0.15, -0.1) is 11.3 Å². The fourth-order valence-corrected chi connectivity index (χ4v) is 5.90. The molecule has 3 aromatic rings. The van der Waals surface area contributed by atoms with Gasteiger partial charge in [0.1, 0.15) is 5.00 Å². The van der Waals surface area contributed by atoms with Crippen LogP contribution in [0.15, 0.2) is 34.8 Å². The summed E-state index contributed by atoms with van der Waals surface area (Å²) in [5.41, 5.74) is 5.71. The Morgan fingerprint density at radius 1 is 1.23 bits per heavy atom. The summed E-state index contributed by atoms with van der Waals surface area (Å²) in [7, 11) is 0. The minimum absolute atomic E-state index is 0.445. The van der Waals surface area contributed by atoms with Crippen molar-refractivity contribution in [1.29, 1.82) is 5.26 Å². The van der Waals surface area contributed by atoms with E-state index in [9.17, 15) is 15.2 Å². The van der Waals surface area contributed by atoms with Gasteiger partial charge in [-0.05, 0) is 80.5 Å². The third-order valence-electron chi connectivity index (χ3n) is 5.62. The molecule has 0 aliphatic heterocycles. The van der Waals surface area contributed by atoms with Gasteiger partial charge in [0.2, 0.25) is 0 Å². The third kappa shape index (κ3) is 3.64. The number of carboxylic acids is 1. The van der Waals surface area contributed by atoms with Crippen LogP contribution in [0, 0.1) is 25.2 Å². The van der Waals surface area contributed by atoms with E-state index in [1.165, 1.54) is 4.88 Å². The first-order valence-corrected chi connectivity index (χ1v) is 11.5. The summed E-state index contributed by atoms with van der Waals surface area (Å²) in [6.07, 6.45) is 5.83. The zero-order valence-corrected chi connectivity index (χ0v) is 19.2. The van der Waals surface area contributed by atoms with Crippen LogP contribution in [0.3, 0.4) is 0 Å². The van der Waals surface area contributed by atoms with Crippen LogP contribution >= 0.6 is 27.3 Å². The highest BCUT2D eigenvalue weighted by molar-refractivity contribution is 9.10. The van der Waals surface area contributed by atoms with Crippen molar-refractivity contribution < 1.29 is 9.90 Å². The molecule has 1 aromatic carbocycles. The number of nitriles is 1. The minimum atomic E-state index is -0.860. The van der Waals surface area contributed by atoms with Crippen LogP contribution in [0.2, 0.25) is 0 Å². The first-order chi connectivity index (χ1) is 14.4. The number of fused-ring (bicyclic) bond motifs is 1. The molecule has 0 spiro atoms. The van der Waals surface area contributed by atoms with Gasteiger partial charge in [-0.1, -0.05) is 28.1 Å². The summed E-state index contributed by atoms with van der Waals surface area (Å²) >= 11 is 5.02. The van der Waals surface area contributed by atoms with Gasteiger partial charge >= 0.3 is 5.97 Å². The molecule has 4 nitrogen and oxygen atoms in total. The van der Waals surface area contributed by atoms with Crippen molar-refractivity contribution in [3.63, 3.8) is 0 Å². The van der Waals surface area contributed by atoms with Gasteiger partial charge in [0.25, 0.3) is 0 Å². The summed E-state index contributed by atoms with van der Waals surface area (Å²) in [6.45, 7) is 3.97. The molecule has 0 saturated heterocycles. The lowest BCUT2D eigenvalue weighted by molar-refractivity contribution is 0.0696. The fraction of sp³-hybridized carbons (Fsp3) is 0.250. The molecule has 1 aliphatic carbocycles. The van der Waals surface area contributed by atoms with Gasteiger partial charge in [0, 0.05) is 20.7 Å². The predicted octanol–water partition coefficient (Wildman–Crippen LogP) is 6.56. The van der Waals surface area contributed by atoms with Crippen LogP contribution in [-0.2, 0) is 12.8 Å². The predicted molar refractivity (Wildman–Crippen MR) is 124 cm³/mol. The van der Waals surface area contributed by atoms with E-state index in [0.717, 1.165) is 63.2 Å². The molecule has 0 bridgehead atoms. The highest BCUT2D eigenvalue weighted by atomic mass is 79.9. The lowest BCUT2D eigenvalue weighted by atomic mass is 9.95. The molecule has 4 rings (SSSR count). The number of halogens is 1. The van der Waals surface area contributed by atoms with Gasteiger partial charge in [-0.25, -0.2) is 4.79 Å². The topological polar surface area (TPSA) is 66.0 Å². The quantitative estimate of drug-likeness (QED) is 0.429. The number of carbonyl (C=O) groups is 1. The average Bonchev–Trinajstić information content (AvgIpc) is 3.23. The van der Waals surface area contributed by atoms with E-state index in [2.05, 4.69) is 22.0 Å². The highest BCUT2D eigenvalue weighted by Gasteiger charge is 2.27. The normalized spacial score (nSPS) is 13.7. The summed E-state index contributed by atoms with van der Waals surface area (Å²) < 4.78 is 3.00. The number of thiophene rings is 1. The molecule has 0 radical (unpaired) electrons. The summed E-state index contributed by atoms with van der Waals surface area (Å²) in [5.74, 6) is -0.860. The Morgan fingerprint density at radius 2 is 1.93 bits per heavy atom. The fourth-order valence-electron chi connectivity index (χ4n) is 4.14. The maximum atomic E-state index is 12.1. The van der Waals surface area contributed by atoms with Crippen LogP contribution in [0.5, 0.6) is 0 Å². The van der Waals surface area contributed by atoms with Crippen LogP contribution in [0.4, 0.5) is 0 Å². The molecule has 6 heteroatoms. The van der Waals surface area contributed by atoms with Crippen molar-refractivity contribution >= 4 is 44.9 Å². The second-order valence-corrected chi connectivity index (χ2v) is 9.53. The molecule has 0 unspecified atom stereocenters. The molecule has 1 N–H and O–H groups in total. The van der Waals surface area contributed by atoms with Crippen molar-refractivity contribution in [3.8, 4) is 11.1 Å². The molecule has 30 heavy (non-hydrogen) atoms. The largest absolute Gasteiger partial charge is 0.478 e.